The van der Waals surface area contributed by atoms with Crippen molar-refractivity contribution in [1.82, 2.24) is 20.3 Å². The molecule has 6 nitrogen and oxygen atoms in total. The number of fused-ring (bicyclic) bond motifs is 1. The molecule has 0 bridgehead atoms. The summed E-state index contributed by atoms with van der Waals surface area (Å²) in [5, 5.41) is 3.44. The fourth-order valence-electron chi connectivity index (χ4n) is 3.44. The maximum atomic E-state index is 13.3. The fraction of sp³-hybridized carbons (Fsp3) is 0.400. The summed E-state index contributed by atoms with van der Waals surface area (Å²) < 4.78 is 13.3. The molecule has 2 fully saturated rings. The van der Waals surface area contributed by atoms with Gasteiger partial charge in [0.25, 0.3) is 5.56 Å². The maximum absolute atomic E-state index is 13.3. The van der Waals surface area contributed by atoms with Crippen molar-refractivity contribution in [3.05, 3.63) is 39.7 Å². The van der Waals surface area contributed by atoms with Gasteiger partial charge in [-0.05, 0) is 18.4 Å². The number of aromatic amines is 1. The van der Waals surface area contributed by atoms with Crippen LogP contribution in [0.25, 0.3) is 11.4 Å². The van der Waals surface area contributed by atoms with E-state index in [4.69, 9.17) is 11.6 Å². The predicted molar refractivity (Wildman–Crippen MR) is 85.2 cm³/mol. The summed E-state index contributed by atoms with van der Waals surface area (Å²) in [5.41, 5.74) is 0.0473. The molecule has 23 heavy (non-hydrogen) atoms. The van der Waals surface area contributed by atoms with Crippen LogP contribution in [0.4, 0.5) is 10.2 Å². The zero-order chi connectivity index (χ0) is 16.0. The molecule has 8 heteroatoms. The summed E-state index contributed by atoms with van der Waals surface area (Å²) in [6, 6.07) is 3.13. The molecule has 1 unspecified atom stereocenters. The Labute approximate surface area is 136 Å². The number of rotatable bonds is 2. The van der Waals surface area contributed by atoms with E-state index in [1.165, 1.54) is 12.3 Å². The van der Waals surface area contributed by atoms with Gasteiger partial charge in [-0.25, -0.2) is 9.97 Å². The van der Waals surface area contributed by atoms with E-state index in [1.807, 2.05) is 0 Å². The van der Waals surface area contributed by atoms with E-state index in [9.17, 15) is 9.18 Å². The highest BCUT2D eigenvalue weighted by Crippen LogP contribution is 2.34. The number of H-pyrrole nitrogens is 1. The molecule has 2 aromatic rings. The van der Waals surface area contributed by atoms with E-state index < -0.39 is 11.5 Å². The van der Waals surface area contributed by atoms with Crippen molar-refractivity contribution in [3.63, 3.8) is 0 Å². The Morgan fingerprint density at radius 2 is 2.26 bits per heavy atom. The Kier molecular flexibility index (Phi) is 3.54. The SMILES string of the molecule is O=c1[nH]c(-c2ccnc(F)c2)nc(N2CC[C@@H]3CNCC32)c1Cl. The molecule has 0 aromatic carbocycles. The van der Waals surface area contributed by atoms with Crippen LogP contribution in [0.2, 0.25) is 5.02 Å². The van der Waals surface area contributed by atoms with Crippen molar-refractivity contribution in [2.24, 2.45) is 5.92 Å². The smallest absolute Gasteiger partial charge is 0.272 e. The lowest BCUT2D eigenvalue weighted by Crippen LogP contribution is -2.36. The Bertz CT molecular complexity index is 811. The van der Waals surface area contributed by atoms with Crippen LogP contribution in [0, 0.1) is 11.9 Å². The van der Waals surface area contributed by atoms with Crippen molar-refractivity contribution >= 4 is 17.4 Å². The number of hydrogen-bond acceptors (Lipinski definition) is 5. The monoisotopic (exact) mass is 335 g/mol. The van der Waals surface area contributed by atoms with E-state index in [1.54, 1.807) is 6.07 Å². The largest absolute Gasteiger partial charge is 0.351 e. The minimum atomic E-state index is -0.622. The van der Waals surface area contributed by atoms with Crippen LogP contribution >= 0.6 is 11.6 Å². The van der Waals surface area contributed by atoms with Crippen molar-refractivity contribution in [3.8, 4) is 11.4 Å². The van der Waals surface area contributed by atoms with Crippen molar-refractivity contribution in [2.45, 2.75) is 12.5 Å². The Hall–Kier alpha value is -1.99. The minimum absolute atomic E-state index is 0.0795. The van der Waals surface area contributed by atoms with Gasteiger partial charge in [-0.1, -0.05) is 11.6 Å². The average molecular weight is 336 g/mol. The van der Waals surface area contributed by atoms with Gasteiger partial charge in [0, 0.05) is 43.5 Å². The first-order valence-electron chi connectivity index (χ1n) is 7.52. The molecule has 0 saturated carbocycles. The lowest BCUT2D eigenvalue weighted by atomic mass is 10.1. The number of halogens is 2. The van der Waals surface area contributed by atoms with Gasteiger partial charge in [0.05, 0.1) is 0 Å². The van der Waals surface area contributed by atoms with E-state index in [2.05, 4.69) is 25.2 Å². The highest BCUT2D eigenvalue weighted by atomic mass is 35.5. The Morgan fingerprint density at radius 3 is 3.09 bits per heavy atom. The minimum Gasteiger partial charge on any atom is -0.351 e. The standard InChI is InChI=1S/C15H15ClFN5O/c16-12-14(22-4-2-9-6-18-7-10(9)22)20-13(21-15(12)23)8-1-3-19-11(17)5-8/h1,3,5,9-10,18H,2,4,6-7H2,(H,20,21,23)/t9-,10?/m1/s1. The summed E-state index contributed by atoms with van der Waals surface area (Å²) in [7, 11) is 0. The Balaban J connectivity index is 1.79. The van der Waals surface area contributed by atoms with Crippen LogP contribution in [-0.4, -0.2) is 40.6 Å². The number of anilines is 1. The fourth-order valence-corrected chi connectivity index (χ4v) is 3.63. The molecule has 0 amide bonds. The first-order valence-corrected chi connectivity index (χ1v) is 7.90. The van der Waals surface area contributed by atoms with Gasteiger partial charge in [0.15, 0.2) is 5.82 Å². The summed E-state index contributed by atoms with van der Waals surface area (Å²) in [6.07, 6.45) is 2.38. The lowest BCUT2D eigenvalue weighted by Gasteiger charge is -2.25. The molecular formula is C15H15ClFN5O. The first kappa shape index (κ1) is 14.6. The average Bonchev–Trinajstić information content (AvgIpc) is 3.13. The maximum Gasteiger partial charge on any atom is 0.272 e. The second-order valence-corrected chi connectivity index (χ2v) is 6.27. The van der Waals surface area contributed by atoms with E-state index >= 15 is 0 Å². The van der Waals surface area contributed by atoms with Crippen LogP contribution in [0.3, 0.4) is 0 Å². The zero-order valence-corrected chi connectivity index (χ0v) is 13.0. The highest BCUT2D eigenvalue weighted by Gasteiger charge is 2.39. The number of aromatic nitrogens is 3. The quantitative estimate of drug-likeness (QED) is 0.812. The molecule has 2 atom stereocenters. The molecule has 4 heterocycles. The third-order valence-corrected chi connectivity index (χ3v) is 4.90. The molecule has 0 spiro atoms. The van der Waals surface area contributed by atoms with Crippen molar-refractivity contribution in [2.75, 3.05) is 24.5 Å². The predicted octanol–water partition coefficient (Wildman–Crippen LogP) is 1.42. The molecule has 2 N–H and O–H groups in total. The van der Waals surface area contributed by atoms with Crippen molar-refractivity contribution < 1.29 is 4.39 Å². The van der Waals surface area contributed by atoms with Gasteiger partial charge in [-0.2, -0.15) is 4.39 Å². The van der Waals surface area contributed by atoms with E-state index in [-0.39, 0.29) is 5.02 Å². The topological polar surface area (TPSA) is 73.9 Å². The van der Waals surface area contributed by atoms with Crippen LogP contribution in [0.1, 0.15) is 6.42 Å². The Morgan fingerprint density at radius 1 is 1.39 bits per heavy atom. The molecule has 2 aromatic heterocycles. The molecule has 2 aliphatic heterocycles. The summed E-state index contributed by atoms with van der Waals surface area (Å²) in [5.74, 6) is 0.695. The summed E-state index contributed by atoms with van der Waals surface area (Å²) in [6.45, 7) is 2.65. The number of hydrogen-bond donors (Lipinski definition) is 2. The van der Waals surface area contributed by atoms with Gasteiger partial charge < -0.3 is 15.2 Å². The normalized spacial score (nSPS) is 23.3. The molecule has 4 rings (SSSR count). The number of nitrogens with zero attached hydrogens (tertiary/aromatic N) is 3. The second-order valence-electron chi connectivity index (χ2n) is 5.89. The highest BCUT2D eigenvalue weighted by molar-refractivity contribution is 6.32. The summed E-state index contributed by atoms with van der Waals surface area (Å²) in [4.78, 5) is 24.9. The van der Waals surface area contributed by atoms with Gasteiger partial charge in [-0.3, -0.25) is 4.79 Å². The lowest BCUT2D eigenvalue weighted by molar-refractivity contribution is 0.577. The first-order chi connectivity index (χ1) is 11.1. The molecular weight excluding hydrogens is 321 g/mol. The second kappa shape index (κ2) is 5.58. The third kappa shape index (κ3) is 2.49. The number of pyridine rings is 1. The summed E-state index contributed by atoms with van der Waals surface area (Å²) >= 11 is 6.20. The van der Waals surface area contributed by atoms with Gasteiger partial charge in [0.2, 0.25) is 5.95 Å². The van der Waals surface area contributed by atoms with E-state index in [0.717, 1.165) is 26.1 Å². The van der Waals surface area contributed by atoms with Gasteiger partial charge in [0.1, 0.15) is 10.8 Å². The van der Waals surface area contributed by atoms with Crippen LogP contribution < -0.4 is 15.8 Å². The zero-order valence-electron chi connectivity index (χ0n) is 12.2. The van der Waals surface area contributed by atoms with Gasteiger partial charge in [-0.15, -0.1) is 0 Å². The van der Waals surface area contributed by atoms with Crippen LogP contribution in [0.5, 0.6) is 0 Å². The van der Waals surface area contributed by atoms with Gasteiger partial charge >= 0.3 is 0 Å². The molecule has 2 aliphatic rings. The van der Waals surface area contributed by atoms with Crippen molar-refractivity contribution in [1.29, 1.82) is 0 Å². The van der Waals surface area contributed by atoms with E-state index in [0.29, 0.717) is 29.2 Å². The third-order valence-electron chi connectivity index (χ3n) is 4.56. The molecule has 0 aliphatic carbocycles. The molecule has 0 radical (unpaired) electrons. The van der Waals surface area contributed by atoms with Crippen LogP contribution in [-0.2, 0) is 0 Å². The van der Waals surface area contributed by atoms with Crippen LogP contribution in [0.15, 0.2) is 23.1 Å². The number of nitrogens with one attached hydrogen (secondary N) is 2. The molecule has 120 valence electrons. The molecule has 2 saturated heterocycles.